The fourth-order valence-corrected chi connectivity index (χ4v) is 3.50. The molecule has 0 saturated carbocycles. The van der Waals surface area contributed by atoms with Gasteiger partial charge in [0.05, 0.1) is 6.20 Å². The van der Waals surface area contributed by atoms with Crippen molar-refractivity contribution < 1.29 is 4.39 Å². The lowest BCUT2D eigenvalue weighted by Gasteiger charge is -2.24. The van der Waals surface area contributed by atoms with Gasteiger partial charge < -0.3 is 5.32 Å². The summed E-state index contributed by atoms with van der Waals surface area (Å²) in [4.78, 5) is 3.81. The molecule has 1 saturated heterocycles. The summed E-state index contributed by atoms with van der Waals surface area (Å²) in [7, 11) is 0. The van der Waals surface area contributed by atoms with Gasteiger partial charge in [0.1, 0.15) is 5.82 Å². The molecule has 2 heterocycles. The van der Waals surface area contributed by atoms with Crippen molar-refractivity contribution in [2.24, 2.45) is 5.92 Å². The van der Waals surface area contributed by atoms with Gasteiger partial charge in [-0.3, -0.25) is 4.98 Å². The van der Waals surface area contributed by atoms with E-state index in [2.05, 4.69) is 17.2 Å². The molecule has 1 N–H and O–H groups in total. The first-order valence-corrected chi connectivity index (χ1v) is 6.89. The minimum atomic E-state index is -0.189. The Hall–Kier alpha value is -0.610. The Morgan fingerprint density at radius 3 is 3.19 bits per heavy atom. The van der Waals surface area contributed by atoms with E-state index in [9.17, 15) is 4.39 Å². The maximum absolute atomic E-state index is 13.7. The van der Waals surface area contributed by atoms with Crippen molar-refractivity contribution in [2.75, 3.05) is 18.1 Å². The van der Waals surface area contributed by atoms with E-state index in [0.717, 1.165) is 17.9 Å². The first-order chi connectivity index (χ1) is 7.83. The Morgan fingerprint density at radius 2 is 2.56 bits per heavy atom. The minimum absolute atomic E-state index is 0.142. The Balaban J connectivity index is 2.21. The summed E-state index contributed by atoms with van der Waals surface area (Å²) in [5.74, 6) is 2.67. The van der Waals surface area contributed by atoms with Gasteiger partial charge in [-0.15, -0.1) is 0 Å². The van der Waals surface area contributed by atoms with Crippen molar-refractivity contribution in [3.05, 3.63) is 29.8 Å². The molecule has 1 aliphatic rings. The predicted molar refractivity (Wildman–Crippen MR) is 66.0 cm³/mol. The van der Waals surface area contributed by atoms with Crippen LogP contribution in [0, 0.1) is 11.7 Å². The van der Waals surface area contributed by atoms with Crippen molar-refractivity contribution in [2.45, 2.75) is 19.4 Å². The van der Waals surface area contributed by atoms with Crippen LogP contribution >= 0.6 is 11.8 Å². The van der Waals surface area contributed by atoms with Gasteiger partial charge in [0.2, 0.25) is 0 Å². The van der Waals surface area contributed by atoms with Gasteiger partial charge in [0.15, 0.2) is 0 Å². The van der Waals surface area contributed by atoms with Crippen LogP contribution in [-0.2, 0) is 0 Å². The zero-order valence-corrected chi connectivity index (χ0v) is 10.3. The molecule has 0 radical (unpaired) electrons. The predicted octanol–water partition coefficient (Wildman–Crippen LogP) is 2.62. The van der Waals surface area contributed by atoms with Crippen LogP contribution in [0.3, 0.4) is 0 Å². The van der Waals surface area contributed by atoms with Gasteiger partial charge in [-0.2, -0.15) is 11.8 Å². The Kier molecular flexibility index (Phi) is 4.18. The average Bonchev–Trinajstić information content (AvgIpc) is 2.80. The Bertz CT molecular complexity index is 340. The van der Waals surface area contributed by atoms with Gasteiger partial charge in [0.25, 0.3) is 0 Å². The molecular formula is C12H17FN2S. The molecule has 1 aliphatic heterocycles. The third-order valence-corrected chi connectivity index (χ3v) is 4.19. The summed E-state index contributed by atoms with van der Waals surface area (Å²) in [5, 5.41) is 3.40. The van der Waals surface area contributed by atoms with Crippen molar-refractivity contribution >= 4 is 11.8 Å². The normalized spacial score (nSPS) is 22.2. The van der Waals surface area contributed by atoms with Crippen LogP contribution in [0.2, 0.25) is 0 Å². The summed E-state index contributed by atoms with van der Waals surface area (Å²) in [6, 6.07) is 1.94. The average molecular weight is 240 g/mol. The van der Waals surface area contributed by atoms with Crippen molar-refractivity contribution in [1.82, 2.24) is 10.3 Å². The van der Waals surface area contributed by atoms with Crippen molar-refractivity contribution in [1.29, 1.82) is 0 Å². The third kappa shape index (κ3) is 2.55. The molecule has 1 fully saturated rings. The molecule has 1 aromatic heterocycles. The summed E-state index contributed by atoms with van der Waals surface area (Å²) in [6.07, 6.45) is 4.15. The molecule has 0 amide bonds. The molecule has 0 bridgehead atoms. The molecule has 0 aliphatic carbocycles. The van der Waals surface area contributed by atoms with E-state index in [-0.39, 0.29) is 11.9 Å². The zero-order valence-electron chi connectivity index (χ0n) is 9.45. The third-order valence-electron chi connectivity index (χ3n) is 3.00. The molecule has 2 unspecified atom stereocenters. The van der Waals surface area contributed by atoms with E-state index in [0.29, 0.717) is 5.92 Å². The second-order valence-electron chi connectivity index (χ2n) is 4.06. The van der Waals surface area contributed by atoms with E-state index in [1.54, 1.807) is 12.3 Å². The van der Waals surface area contributed by atoms with Crippen LogP contribution in [0.1, 0.15) is 24.9 Å². The van der Waals surface area contributed by atoms with Crippen molar-refractivity contribution in [3.8, 4) is 0 Å². The number of hydrogen-bond acceptors (Lipinski definition) is 3. The highest BCUT2D eigenvalue weighted by atomic mass is 32.2. The summed E-state index contributed by atoms with van der Waals surface area (Å²) in [6.45, 7) is 2.93. The maximum atomic E-state index is 13.7. The fourth-order valence-electron chi connectivity index (χ4n) is 2.20. The highest BCUT2D eigenvalue weighted by Crippen LogP contribution is 2.34. The first-order valence-electron chi connectivity index (χ1n) is 5.73. The molecule has 0 aromatic carbocycles. The molecular weight excluding hydrogens is 223 g/mol. The van der Waals surface area contributed by atoms with Gasteiger partial charge >= 0.3 is 0 Å². The summed E-state index contributed by atoms with van der Waals surface area (Å²) >= 11 is 1.96. The maximum Gasteiger partial charge on any atom is 0.146 e. The number of nitrogens with zero attached hydrogens (tertiary/aromatic N) is 1. The van der Waals surface area contributed by atoms with E-state index in [1.165, 1.54) is 18.4 Å². The van der Waals surface area contributed by atoms with Crippen LogP contribution in [0.25, 0.3) is 0 Å². The van der Waals surface area contributed by atoms with Gasteiger partial charge in [-0.05, 0) is 36.5 Å². The van der Waals surface area contributed by atoms with Gasteiger partial charge in [-0.25, -0.2) is 4.39 Å². The van der Waals surface area contributed by atoms with Crippen LogP contribution in [0.15, 0.2) is 18.5 Å². The smallest absolute Gasteiger partial charge is 0.146 e. The second kappa shape index (κ2) is 5.64. The lowest BCUT2D eigenvalue weighted by molar-refractivity contribution is 0.387. The molecule has 16 heavy (non-hydrogen) atoms. The lowest BCUT2D eigenvalue weighted by Crippen LogP contribution is -2.29. The number of hydrogen-bond donors (Lipinski definition) is 1. The fraction of sp³-hybridized carbons (Fsp3) is 0.583. The summed E-state index contributed by atoms with van der Waals surface area (Å²) in [5.41, 5.74) is 0.768. The quantitative estimate of drug-likeness (QED) is 0.875. The highest BCUT2D eigenvalue weighted by Gasteiger charge is 2.27. The number of thioether (sulfide) groups is 1. The number of nitrogens with one attached hydrogen (secondary N) is 1. The van der Waals surface area contributed by atoms with Crippen LogP contribution in [-0.4, -0.2) is 23.0 Å². The Morgan fingerprint density at radius 1 is 1.69 bits per heavy atom. The van der Waals surface area contributed by atoms with E-state index in [4.69, 9.17) is 0 Å². The standard InChI is InChI=1S/C12H17FN2S/c1-2-15-12(9-4-6-16-8-9)10-3-5-14-7-11(10)13/h3,5,7,9,12,15H,2,4,6,8H2,1H3. The monoisotopic (exact) mass is 240 g/mol. The number of aromatic nitrogens is 1. The Labute approximate surface area is 100 Å². The van der Waals surface area contributed by atoms with Crippen LogP contribution in [0.4, 0.5) is 4.39 Å². The molecule has 88 valence electrons. The van der Waals surface area contributed by atoms with Crippen LogP contribution in [0.5, 0.6) is 0 Å². The van der Waals surface area contributed by atoms with E-state index in [1.807, 2.05) is 11.8 Å². The second-order valence-corrected chi connectivity index (χ2v) is 5.21. The van der Waals surface area contributed by atoms with Crippen LogP contribution < -0.4 is 5.32 Å². The van der Waals surface area contributed by atoms with E-state index < -0.39 is 0 Å². The van der Waals surface area contributed by atoms with Gasteiger partial charge in [0, 0.05) is 17.8 Å². The molecule has 2 atom stereocenters. The topological polar surface area (TPSA) is 24.9 Å². The van der Waals surface area contributed by atoms with Crippen molar-refractivity contribution in [3.63, 3.8) is 0 Å². The SMILES string of the molecule is CCNC(c1ccncc1F)C1CCSC1. The first kappa shape index (κ1) is 11.9. The highest BCUT2D eigenvalue weighted by molar-refractivity contribution is 7.99. The molecule has 4 heteroatoms. The zero-order chi connectivity index (χ0) is 11.4. The largest absolute Gasteiger partial charge is 0.310 e. The number of halogens is 1. The van der Waals surface area contributed by atoms with Gasteiger partial charge in [-0.1, -0.05) is 6.92 Å². The molecule has 0 spiro atoms. The summed E-state index contributed by atoms with van der Waals surface area (Å²) < 4.78 is 13.7. The molecule has 2 nitrogen and oxygen atoms in total. The number of pyridine rings is 1. The molecule has 1 aromatic rings. The van der Waals surface area contributed by atoms with E-state index >= 15 is 0 Å². The minimum Gasteiger partial charge on any atom is -0.310 e. The molecule has 2 rings (SSSR count). The number of rotatable bonds is 4. The lowest BCUT2D eigenvalue weighted by atomic mass is 9.93.